The number of benzene rings is 2. The highest BCUT2D eigenvalue weighted by atomic mass is 79.9. The summed E-state index contributed by atoms with van der Waals surface area (Å²) in [5, 5.41) is 6.53. The van der Waals surface area contributed by atoms with Crippen LogP contribution in [0, 0.1) is 0 Å². The van der Waals surface area contributed by atoms with Gasteiger partial charge in [-0.25, -0.2) is 5.43 Å². The van der Waals surface area contributed by atoms with Crippen molar-refractivity contribution in [3.8, 4) is 0 Å². The first-order valence-electron chi connectivity index (χ1n) is 8.05. The molecule has 2 aromatic carbocycles. The lowest BCUT2D eigenvalue weighted by Crippen LogP contribution is -2.33. The summed E-state index contributed by atoms with van der Waals surface area (Å²) in [6.07, 6.45) is 3.02. The van der Waals surface area contributed by atoms with E-state index in [1.54, 1.807) is 0 Å². The van der Waals surface area contributed by atoms with E-state index in [2.05, 4.69) is 31.8 Å². The lowest BCUT2D eigenvalue weighted by Gasteiger charge is -2.13. The van der Waals surface area contributed by atoms with Crippen molar-refractivity contribution in [1.29, 1.82) is 0 Å². The Morgan fingerprint density at radius 3 is 2.28 bits per heavy atom. The molecule has 2 amide bonds. The Hall–Kier alpha value is -2.47. The van der Waals surface area contributed by atoms with Crippen molar-refractivity contribution in [2.24, 2.45) is 5.10 Å². The summed E-state index contributed by atoms with van der Waals surface area (Å²) in [5.41, 5.74) is 5.76. The third kappa shape index (κ3) is 5.26. The summed E-state index contributed by atoms with van der Waals surface area (Å²) in [5.74, 6) is -1.54. The van der Waals surface area contributed by atoms with Crippen molar-refractivity contribution in [1.82, 2.24) is 5.43 Å². The molecule has 2 aromatic rings. The van der Waals surface area contributed by atoms with Crippen LogP contribution < -0.4 is 10.7 Å². The number of carbonyl (C=O) groups is 2. The van der Waals surface area contributed by atoms with Gasteiger partial charge in [0.2, 0.25) is 0 Å². The molecule has 6 heteroatoms. The molecule has 2 rings (SSSR count). The topological polar surface area (TPSA) is 70.6 Å². The van der Waals surface area contributed by atoms with Crippen LogP contribution in [0.2, 0.25) is 0 Å². The highest BCUT2D eigenvalue weighted by molar-refractivity contribution is 9.10. The lowest BCUT2D eigenvalue weighted by atomic mass is 10.0. The zero-order valence-corrected chi connectivity index (χ0v) is 15.8. The smallest absolute Gasteiger partial charge is 0.317 e. The Kier molecular flexibility index (Phi) is 6.89. The number of hydrogen-bond donors (Lipinski definition) is 2. The van der Waals surface area contributed by atoms with E-state index in [4.69, 9.17) is 0 Å². The predicted octanol–water partition coefficient (Wildman–Crippen LogP) is 3.66. The highest BCUT2D eigenvalue weighted by Gasteiger charge is 2.16. The van der Waals surface area contributed by atoms with E-state index in [1.165, 1.54) is 6.21 Å². The number of hydrazone groups is 1. The molecule has 0 bridgehead atoms. The zero-order chi connectivity index (χ0) is 18.2. The lowest BCUT2D eigenvalue weighted by molar-refractivity contribution is -0.136. The average Bonchev–Trinajstić information content (AvgIpc) is 2.61. The number of amides is 2. The molecule has 0 aliphatic heterocycles. The number of rotatable bonds is 5. The van der Waals surface area contributed by atoms with E-state index < -0.39 is 11.8 Å². The molecule has 0 saturated carbocycles. The van der Waals surface area contributed by atoms with Gasteiger partial charge in [0.25, 0.3) is 0 Å². The fraction of sp³-hybridized carbons (Fsp3) is 0.211. The number of anilines is 1. The summed E-state index contributed by atoms with van der Waals surface area (Å²) in [6.45, 7) is 4.01. The SMILES string of the molecule is CCc1cccc(CC)c1NC(=O)C(=O)N/N=C/c1cccc(Br)c1. The molecule has 0 radical (unpaired) electrons. The van der Waals surface area contributed by atoms with Gasteiger partial charge in [-0.2, -0.15) is 5.10 Å². The molecule has 130 valence electrons. The monoisotopic (exact) mass is 401 g/mol. The molecular weight excluding hydrogens is 382 g/mol. The Bertz CT molecular complexity index is 781. The largest absolute Gasteiger partial charge is 0.329 e. The van der Waals surface area contributed by atoms with E-state index in [-0.39, 0.29) is 0 Å². The normalized spacial score (nSPS) is 10.7. The number of para-hydroxylation sites is 1. The van der Waals surface area contributed by atoms with Crippen molar-refractivity contribution in [3.63, 3.8) is 0 Å². The van der Waals surface area contributed by atoms with Crippen molar-refractivity contribution in [2.75, 3.05) is 5.32 Å². The molecule has 0 aliphatic carbocycles. The molecule has 0 unspecified atom stereocenters. The summed E-state index contributed by atoms with van der Waals surface area (Å²) in [4.78, 5) is 24.1. The van der Waals surface area contributed by atoms with Gasteiger partial charge in [0, 0.05) is 10.2 Å². The molecule has 0 atom stereocenters. The van der Waals surface area contributed by atoms with Crippen molar-refractivity contribution in [3.05, 3.63) is 63.6 Å². The van der Waals surface area contributed by atoms with Crippen LogP contribution in [0.15, 0.2) is 52.0 Å². The maximum absolute atomic E-state index is 12.1. The van der Waals surface area contributed by atoms with Gasteiger partial charge in [-0.05, 0) is 41.7 Å². The number of nitrogens with one attached hydrogen (secondary N) is 2. The van der Waals surface area contributed by atoms with E-state index in [0.717, 1.165) is 34.0 Å². The van der Waals surface area contributed by atoms with Crippen LogP contribution in [0.25, 0.3) is 0 Å². The van der Waals surface area contributed by atoms with Gasteiger partial charge in [0.1, 0.15) is 0 Å². The zero-order valence-electron chi connectivity index (χ0n) is 14.2. The maximum atomic E-state index is 12.1. The summed E-state index contributed by atoms with van der Waals surface area (Å²) >= 11 is 3.36. The Labute approximate surface area is 155 Å². The predicted molar refractivity (Wildman–Crippen MR) is 104 cm³/mol. The number of aryl methyl sites for hydroxylation is 2. The van der Waals surface area contributed by atoms with Crippen LogP contribution in [0.5, 0.6) is 0 Å². The molecule has 0 aromatic heterocycles. The second kappa shape index (κ2) is 9.13. The molecule has 0 fully saturated rings. The number of halogens is 1. The minimum absolute atomic E-state index is 0.712. The first-order valence-corrected chi connectivity index (χ1v) is 8.85. The maximum Gasteiger partial charge on any atom is 0.329 e. The molecule has 0 aliphatic rings. The van der Waals surface area contributed by atoms with Crippen LogP contribution in [0.3, 0.4) is 0 Å². The second-order valence-electron chi connectivity index (χ2n) is 5.37. The summed E-state index contributed by atoms with van der Waals surface area (Å²) < 4.78 is 0.906. The van der Waals surface area contributed by atoms with Crippen molar-refractivity contribution in [2.45, 2.75) is 26.7 Å². The van der Waals surface area contributed by atoms with Crippen LogP contribution in [0.4, 0.5) is 5.69 Å². The first kappa shape index (κ1) is 18.9. The van der Waals surface area contributed by atoms with Crippen LogP contribution in [-0.4, -0.2) is 18.0 Å². The van der Waals surface area contributed by atoms with Gasteiger partial charge >= 0.3 is 11.8 Å². The van der Waals surface area contributed by atoms with Crippen molar-refractivity contribution >= 4 is 39.6 Å². The minimum Gasteiger partial charge on any atom is -0.317 e. The van der Waals surface area contributed by atoms with Gasteiger partial charge in [0.05, 0.1) is 6.21 Å². The van der Waals surface area contributed by atoms with Gasteiger partial charge in [-0.1, -0.05) is 60.1 Å². The first-order chi connectivity index (χ1) is 12.0. The quantitative estimate of drug-likeness (QED) is 0.455. The molecule has 0 saturated heterocycles. The molecule has 2 N–H and O–H groups in total. The van der Waals surface area contributed by atoms with Crippen LogP contribution >= 0.6 is 15.9 Å². The molecule has 5 nitrogen and oxygen atoms in total. The average molecular weight is 402 g/mol. The fourth-order valence-electron chi connectivity index (χ4n) is 2.38. The Balaban J connectivity index is 2.03. The number of hydrogen-bond acceptors (Lipinski definition) is 3. The molecule has 25 heavy (non-hydrogen) atoms. The second-order valence-corrected chi connectivity index (χ2v) is 6.28. The molecular formula is C19H20BrN3O2. The van der Waals surface area contributed by atoms with E-state index in [1.807, 2.05) is 56.3 Å². The molecule has 0 spiro atoms. The van der Waals surface area contributed by atoms with E-state index in [0.29, 0.717) is 5.69 Å². The van der Waals surface area contributed by atoms with Crippen LogP contribution in [-0.2, 0) is 22.4 Å². The Morgan fingerprint density at radius 2 is 1.68 bits per heavy atom. The van der Waals surface area contributed by atoms with Gasteiger partial charge in [-0.15, -0.1) is 0 Å². The third-order valence-corrected chi connectivity index (χ3v) is 4.17. The fourth-order valence-corrected chi connectivity index (χ4v) is 2.79. The standard InChI is InChI=1S/C19H20BrN3O2/c1-3-14-8-6-9-15(4-2)17(14)22-18(24)19(25)23-21-12-13-7-5-10-16(20)11-13/h5-12H,3-4H2,1-2H3,(H,22,24)(H,23,25)/b21-12+. The Morgan fingerprint density at radius 1 is 1.04 bits per heavy atom. The van der Waals surface area contributed by atoms with Gasteiger partial charge in [-0.3, -0.25) is 9.59 Å². The van der Waals surface area contributed by atoms with Crippen molar-refractivity contribution < 1.29 is 9.59 Å². The minimum atomic E-state index is -0.806. The van der Waals surface area contributed by atoms with Gasteiger partial charge in [0.15, 0.2) is 0 Å². The summed E-state index contributed by atoms with van der Waals surface area (Å²) in [7, 11) is 0. The van der Waals surface area contributed by atoms with Gasteiger partial charge < -0.3 is 5.32 Å². The van der Waals surface area contributed by atoms with Crippen LogP contribution in [0.1, 0.15) is 30.5 Å². The van der Waals surface area contributed by atoms with E-state index >= 15 is 0 Å². The number of nitrogens with zero attached hydrogens (tertiary/aromatic N) is 1. The summed E-state index contributed by atoms with van der Waals surface area (Å²) in [6, 6.07) is 13.3. The highest BCUT2D eigenvalue weighted by Crippen LogP contribution is 2.22. The number of carbonyl (C=O) groups excluding carboxylic acids is 2. The van der Waals surface area contributed by atoms with E-state index in [9.17, 15) is 9.59 Å². The third-order valence-electron chi connectivity index (χ3n) is 3.67. The molecule has 0 heterocycles.